The molecule has 1 rings (SSSR count). The van der Waals surface area contributed by atoms with Gasteiger partial charge in [-0.15, -0.1) is 0 Å². The van der Waals surface area contributed by atoms with Gasteiger partial charge in [-0.05, 0) is 12.5 Å². The fraction of sp³-hybridized carbons (Fsp3) is 0.533. The van der Waals surface area contributed by atoms with Crippen molar-refractivity contribution in [2.45, 2.75) is 51.4 Å². The van der Waals surface area contributed by atoms with Crippen molar-refractivity contribution in [2.75, 3.05) is 0 Å². The number of aliphatic carboxylic acids is 1. The Labute approximate surface area is 108 Å². The molecule has 18 heavy (non-hydrogen) atoms. The highest BCUT2D eigenvalue weighted by Gasteiger charge is 2.22. The van der Waals surface area contributed by atoms with Gasteiger partial charge in [0.25, 0.3) is 0 Å². The van der Waals surface area contributed by atoms with Crippen molar-refractivity contribution in [2.24, 2.45) is 0 Å². The van der Waals surface area contributed by atoms with E-state index < -0.39 is 17.7 Å². The van der Waals surface area contributed by atoms with Gasteiger partial charge in [-0.2, -0.15) is 0 Å². The predicted molar refractivity (Wildman–Crippen MR) is 70.2 cm³/mol. The minimum absolute atomic E-state index is 0.306. The lowest BCUT2D eigenvalue weighted by Crippen LogP contribution is -2.13. The molecule has 0 bridgehead atoms. The normalized spacial score (nSPS) is 12.3. The summed E-state index contributed by atoms with van der Waals surface area (Å²) in [6.07, 6.45) is 5.84. The van der Waals surface area contributed by atoms with Gasteiger partial charge in [-0.25, -0.2) is 4.39 Å². The summed E-state index contributed by atoms with van der Waals surface area (Å²) in [5.41, 5.74) is 0.306. The van der Waals surface area contributed by atoms with Crippen LogP contribution < -0.4 is 0 Å². The van der Waals surface area contributed by atoms with Gasteiger partial charge in [-0.1, -0.05) is 57.2 Å². The van der Waals surface area contributed by atoms with E-state index in [0.717, 1.165) is 25.7 Å². The summed E-state index contributed by atoms with van der Waals surface area (Å²) in [7, 11) is 0. The van der Waals surface area contributed by atoms with Crippen LogP contribution in [0.2, 0.25) is 0 Å². The monoisotopic (exact) mass is 252 g/mol. The van der Waals surface area contributed by atoms with Crippen LogP contribution in [0.3, 0.4) is 0 Å². The number of hydrogen-bond donors (Lipinski definition) is 1. The summed E-state index contributed by atoms with van der Waals surface area (Å²) >= 11 is 0. The summed E-state index contributed by atoms with van der Waals surface area (Å²) in [5.74, 6) is -2.07. The fourth-order valence-electron chi connectivity index (χ4n) is 2.12. The summed E-state index contributed by atoms with van der Waals surface area (Å²) in [4.78, 5) is 11.2. The maximum Gasteiger partial charge on any atom is 0.311 e. The Balaban J connectivity index is 2.56. The number of carboxylic acid groups (broad SMARTS) is 1. The largest absolute Gasteiger partial charge is 0.481 e. The molecule has 0 fully saturated rings. The smallest absolute Gasteiger partial charge is 0.311 e. The quantitative estimate of drug-likeness (QED) is 0.698. The lowest BCUT2D eigenvalue weighted by Gasteiger charge is -2.13. The van der Waals surface area contributed by atoms with Crippen LogP contribution in [-0.2, 0) is 4.79 Å². The fourth-order valence-corrected chi connectivity index (χ4v) is 2.12. The topological polar surface area (TPSA) is 37.3 Å². The molecule has 1 N–H and O–H groups in total. The molecule has 2 nitrogen and oxygen atoms in total. The molecule has 1 aromatic rings. The van der Waals surface area contributed by atoms with Crippen LogP contribution in [0.15, 0.2) is 24.3 Å². The lowest BCUT2D eigenvalue weighted by atomic mass is 9.92. The Kier molecular flexibility index (Phi) is 6.40. The van der Waals surface area contributed by atoms with Gasteiger partial charge < -0.3 is 5.11 Å². The van der Waals surface area contributed by atoms with Gasteiger partial charge in [0.2, 0.25) is 0 Å². The summed E-state index contributed by atoms with van der Waals surface area (Å²) < 4.78 is 13.6. The molecule has 0 aromatic heterocycles. The molecule has 0 saturated heterocycles. The SMILES string of the molecule is CCCCCCCC(C(=O)O)c1ccccc1F. The number of halogens is 1. The van der Waals surface area contributed by atoms with Crippen molar-refractivity contribution >= 4 is 5.97 Å². The Bertz CT molecular complexity index is 377. The first-order valence-electron chi connectivity index (χ1n) is 6.64. The van der Waals surface area contributed by atoms with Gasteiger partial charge in [0, 0.05) is 5.56 Å². The van der Waals surface area contributed by atoms with Gasteiger partial charge >= 0.3 is 5.97 Å². The zero-order chi connectivity index (χ0) is 13.4. The molecule has 0 aliphatic heterocycles. The van der Waals surface area contributed by atoms with E-state index in [0.29, 0.717) is 12.0 Å². The van der Waals surface area contributed by atoms with Gasteiger partial charge in [-0.3, -0.25) is 4.79 Å². The highest BCUT2D eigenvalue weighted by Crippen LogP contribution is 2.25. The van der Waals surface area contributed by atoms with Crippen LogP contribution in [0.4, 0.5) is 4.39 Å². The van der Waals surface area contributed by atoms with E-state index in [1.807, 2.05) is 0 Å². The summed E-state index contributed by atoms with van der Waals surface area (Å²) in [6, 6.07) is 6.16. The molecule has 0 aliphatic carbocycles. The maximum absolute atomic E-state index is 13.6. The van der Waals surface area contributed by atoms with E-state index in [1.54, 1.807) is 18.2 Å². The molecule has 0 saturated carbocycles. The third-order valence-corrected chi connectivity index (χ3v) is 3.18. The highest BCUT2D eigenvalue weighted by atomic mass is 19.1. The summed E-state index contributed by atoms with van der Waals surface area (Å²) in [5, 5.41) is 9.19. The van der Waals surface area contributed by atoms with E-state index in [-0.39, 0.29) is 0 Å². The van der Waals surface area contributed by atoms with Crippen LogP contribution in [0.1, 0.15) is 56.9 Å². The molecule has 0 radical (unpaired) electrons. The Hall–Kier alpha value is -1.38. The molecule has 0 spiro atoms. The summed E-state index contributed by atoms with van der Waals surface area (Å²) in [6.45, 7) is 2.14. The number of hydrogen-bond acceptors (Lipinski definition) is 1. The second kappa shape index (κ2) is 7.85. The molecule has 0 heterocycles. The van der Waals surface area contributed by atoms with Crippen molar-refractivity contribution in [3.05, 3.63) is 35.6 Å². The molecule has 3 heteroatoms. The van der Waals surface area contributed by atoms with Gasteiger partial charge in [0.05, 0.1) is 5.92 Å². The third kappa shape index (κ3) is 4.47. The second-order valence-electron chi connectivity index (χ2n) is 4.62. The van der Waals surface area contributed by atoms with Crippen molar-refractivity contribution in [1.82, 2.24) is 0 Å². The van der Waals surface area contributed by atoms with Gasteiger partial charge in [0.15, 0.2) is 0 Å². The first-order chi connectivity index (χ1) is 8.66. The number of carbonyl (C=O) groups is 1. The van der Waals surface area contributed by atoms with E-state index in [1.165, 1.54) is 12.5 Å². The van der Waals surface area contributed by atoms with Crippen molar-refractivity contribution in [3.63, 3.8) is 0 Å². The number of rotatable bonds is 8. The number of carboxylic acids is 1. The molecular weight excluding hydrogens is 231 g/mol. The van der Waals surface area contributed by atoms with Crippen LogP contribution >= 0.6 is 0 Å². The molecule has 0 amide bonds. The average molecular weight is 252 g/mol. The molecule has 0 aliphatic rings. The van der Waals surface area contributed by atoms with E-state index in [2.05, 4.69) is 6.92 Å². The zero-order valence-electron chi connectivity index (χ0n) is 10.9. The van der Waals surface area contributed by atoms with Crippen LogP contribution in [0.25, 0.3) is 0 Å². The Morgan fingerprint density at radius 1 is 1.22 bits per heavy atom. The standard InChI is InChI=1S/C15H21FO2/c1-2-3-4-5-6-10-13(15(17)18)12-9-7-8-11-14(12)16/h7-9,11,13H,2-6,10H2,1H3,(H,17,18). The maximum atomic E-state index is 13.6. The van der Waals surface area contributed by atoms with Crippen molar-refractivity contribution in [1.29, 1.82) is 0 Å². The van der Waals surface area contributed by atoms with E-state index in [4.69, 9.17) is 0 Å². The first kappa shape index (κ1) is 14.7. The van der Waals surface area contributed by atoms with Crippen LogP contribution in [-0.4, -0.2) is 11.1 Å². The van der Waals surface area contributed by atoms with Gasteiger partial charge in [0.1, 0.15) is 5.82 Å². The molecular formula is C15H21FO2. The molecule has 1 atom stereocenters. The van der Waals surface area contributed by atoms with Crippen LogP contribution in [0, 0.1) is 5.82 Å². The zero-order valence-corrected chi connectivity index (χ0v) is 10.9. The highest BCUT2D eigenvalue weighted by molar-refractivity contribution is 5.76. The number of unbranched alkanes of at least 4 members (excludes halogenated alkanes) is 4. The minimum atomic E-state index is -0.935. The van der Waals surface area contributed by atoms with Crippen LogP contribution in [0.5, 0.6) is 0 Å². The Morgan fingerprint density at radius 2 is 1.89 bits per heavy atom. The first-order valence-corrected chi connectivity index (χ1v) is 6.64. The Morgan fingerprint density at radius 3 is 2.50 bits per heavy atom. The van der Waals surface area contributed by atoms with Crippen molar-refractivity contribution < 1.29 is 14.3 Å². The van der Waals surface area contributed by atoms with E-state index in [9.17, 15) is 14.3 Å². The minimum Gasteiger partial charge on any atom is -0.481 e. The van der Waals surface area contributed by atoms with E-state index >= 15 is 0 Å². The second-order valence-corrected chi connectivity index (χ2v) is 4.62. The van der Waals surface area contributed by atoms with Crippen molar-refractivity contribution in [3.8, 4) is 0 Å². The average Bonchev–Trinajstić information content (AvgIpc) is 2.35. The predicted octanol–water partition coefficient (Wildman–Crippen LogP) is 4.35. The number of benzene rings is 1. The molecule has 1 aromatic carbocycles. The molecule has 1 unspecified atom stereocenters. The third-order valence-electron chi connectivity index (χ3n) is 3.18. The molecule has 100 valence electrons. The lowest BCUT2D eigenvalue weighted by molar-refractivity contribution is -0.139.